The average Bonchev–Trinajstić information content (AvgIpc) is 3.63. The van der Waals surface area contributed by atoms with Crippen molar-refractivity contribution in [3.05, 3.63) is 149 Å². The topological polar surface area (TPSA) is 0 Å². The summed E-state index contributed by atoms with van der Waals surface area (Å²) in [5.41, 5.74) is 8.56. The Balaban J connectivity index is 0.000000260. The molecule has 0 fully saturated rings. The number of halogens is 2. The van der Waals surface area contributed by atoms with E-state index >= 15 is 0 Å². The Hall–Kier alpha value is -2.44. The summed E-state index contributed by atoms with van der Waals surface area (Å²) < 4.78 is 1.43. The van der Waals surface area contributed by atoms with Crippen molar-refractivity contribution < 1.29 is 24.2 Å². The van der Waals surface area contributed by atoms with E-state index in [1.807, 2.05) is 12.2 Å². The van der Waals surface area contributed by atoms with Gasteiger partial charge in [-0.25, -0.2) is 12.2 Å². The average molecular weight is 701 g/mol. The molecule has 0 bridgehead atoms. The molecule has 6 rings (SSSR count). The molecule has 44 heavy (non-hydrogen) atoms. The predicted molar refractivity (Wildman–Crippen MR) is 196 cm³/mol. The molecule has 5 aromatic rings. The van der Waals surface area contributed by atoms with Gasteiger partial charge in [0.1, 0.15) is 0 Å². The van der Waals surface area contributed by atoms with Gasteiger partial charge in [0.05, 0.1) is 0 Å². The second-order valence-electron chi connectivity index (χ2n) is 13.4. The first-order chi connectivity index (χ1) is 19.8. The first-order valence-corrected chi connectivity index (χ1v) is 16.1. The summed E-state index contributed by atoms with van der Waals surface area (Å²) in [6.07, 6.45) is 10.0. The Morgan fingerprint density at radius 2 is 1.11 bits per heavy atom. The van der Waals surface area contributed by atoms with Crippen LogP contribution in [0.5, 0.6) is 0 Å². The molecule has 0 aromatic heterocycles. The van der Waals surface area contributed by atoms with Crippen molar-refractivity contribution in [2.24, 2.45) is 0 Å². The van der Waals surface area contributed by atoms with Crippen LogP contribution in [0.2, 0.25) is 0 Å². The molecule has 228 valence electrons. The molecule has 1 aliphatic carbocycles. The van der Waals surface area contributed by atoms with E-state index in [4.69, 9.17) is 0 Å². The van der Waals surface area contributed by atoms with Crippen LogP contribution in [0.4, 0.5) is 0 Å². The number of fused-ring (bicyclic) bond motifs is 3. The molecule has 0 unspecified atom stereocenters. The Labute approximate surface area is 293 Å². The van der Waals surface area contributed by atoms with Crippen molar-refractivity contribution in [1.82, 2.24) is 0 Å². The SMILES string of the molecule is CC(C)(C)c1ccc2c(c1)[cH-]c1cc(C(C)(C)C)ccc12.Cc1cccc([C](=[Zr+2])c2cccc(C)c2)c1.Cl.Cl.[C-]1=CC=CC1. The fourth-order valence-corrected chi connectivity index (χ4v) is 5.83. The molecule has 0 heterocycles. The van der Waals surface area contributed by atoms with Crippen molar-refractivity contribution >= 4 is 49.6 Å². The Morgan fingerprint density at radius 1 is 0.659 bits per heavy atom. The first-order valence-electron chi connectivity index (χ1n) is 14.9. The largest absolute Gasteiger partial charge is 0.273 e. The molecule has 0 amide bonds. The summed E-state index contributed by atoms with van der Waals surface area (Å²) in [6, 6.07) is 33.6. The molecule has 0 atom stereocenters. The van der Waals surface area contributed by atoms with Crippen molar-refractivity contribution in [3.63, 3.8) is 0 Å². The zero-order chi connectivity index (χ0) is 30.5. The van der Waals surface area contributed by atoms with Crippen LogP contribution in [0, 0.1) is 19.9 Å². The van der Waals surface area contributed by atoms with Crippen LogP contribution < -0.4 is 0 Å². The summed E-state index contributed by atoms with van der Waals surface area (Å²) in [6.45, 7) is 17.9. The third-order valence-electron chi connectivity index (χ3n) is 7.64. The number of benzene rings is 4. The smallest absolute Gasteiger partial charge is 0.109 e. The van der Waals surface area contributed by atoms with Gasteiger partial charge in [0.15, 0.2) is 0 Å². The van der Waals surface area contributed by atoms with Crippen molar-refractivity contribution in [3.8, 4) is 0 Å². The molecule has 0 saturated heterocycles. The second-order valence-corrected chi connectivity index (χ2v) is 14.6. The number of hydrogen-bond donors (Lipinski definition) is 0. The van der Waals surface area contributed by atoms with Crippen LogP contribution in [-0.2, 0) is 35.1 Å². The maximum absolute atomic E-state index is 2.99. The fourth-order valence-electron chi connectivity index (χ4n) is 5.06. The van der Waals surface area contributed by atoms with Crippen molar-refractivity contribution in [1.29, 1.82) is 0 Å². The van der Waals surface area contributed by atoms with Gasteiger partial charge in [0.25, 0.3) is 0 Å². The van der Waals surface area contributed by atoms with E-state index in [1.54, 1.807) is 0 Å². The van der Waals surface area contributed by atoms with E-state index in [0.717, 1.165) is 6.42 Å². The molecule has 3 heteroatoms. The summed E-state index contributed by atoms with van der Waals surface area (Å²) >= 11 is 1.47. The Morgan fingerprint density at radius 3 is 1.43 bits per heavy atom. The van der Waals surface area contributed by atoms with E-state index in [0.29, 0.717) is 0 Å². The van der Waals surface area contributed by atoms with E-state index in [9.17, 15) is 0 Å². The normalized spacial score (nSPS) is 12.0. The maximum atomic E-state index is 2.99. The van der Waals surface area contributed by atoms with E-state index in [-0.39, 0.29) is 35.6 Å². The van der Waals surface area contributed by atoms with Gasteiger partial charge in [0.2, 0.25) is 0 Å². The van der Waals surface area contributed by atoms with Gasteiger partial charge in [-0.15, -0.1) is 71.0 Å². The predicted octanol–water partition coefficient (Wildman–Crippen LogP) is 11.9. The molecule has 0 spiro atoms. The third-order valence-corrected chi connectivity index (χ3v) is 9.05. The number of allylic oxidation sites excluding steroid dienone is 4. The third kappa shape index (κ3) is 10.0. The van der Waals surface area contributed by atoms with Crippen LogP contribution >= 0.6 is 24.8 Å². The number of aryl methyl sites for hydroxylation is 2. The zero-order valence-electron chi connectivity index (χ0n) is 27.4. The molecule has 0 saturated carbocycles. The standard InChI is InChI=1S/C21H25.C15H14.C5H5.2ClH.Zr/c1-20(2,3)16-7-9-18-14(12-16)11-15-13-17(21(4,5)6)8-10-19(15)18;1-12-5-3-7-14(9-12)11-15-8-4-6-13(2)10-15;1-2-4-5-3-1;;;/h7-13H,1-6H3;3-10H,1-2H3;1-3H,4H2;2*1H;/q-1;;-1;;;+2. The fraction of sp³-hybridized carbons (Fsp3) is 0.268. The van der Waals surface area contributed by atoms with Crippen LogP contribution in [0.1, 0.15) is 81.3 Å². The maximum Gasteiger partial charge on any atom is -0.109 e. The minimum absolute atomic E-state index is 0. The van der Waals surface area contributed by atoms with Crippen LogP contribution in [-0.4, -0.2) is 3.21 Å². The summed E-state index contributed by atoms with van der Waals surface area (Å²) in [5, 5.41) is 5.48. The summed E-state index contributed by atoms with van der Waals surface area (Å²) in [4.78, 5) is 0. The minimum atomic E-state index is 0. The Kier molecular flexibility index (Phi) is 13.9. The quantitative estimate of drug-likeness (QED) is 0.161. The van der Waals surface area contributed by atoms with E-state index < -0.39 is 0 Å². The van der Waals surface area contributed by atoms with E-state index in [1.165, 1.54) is 82.4 Å². The Bertz CT molecular complexity index is 1630. The molecule has 5 aromatic carbocycles. The van der Waals surface area contributed by atoms with Gasteiger partial charge in [-0.2, -0.15) is 6.08 Å². The van der Waals surface area contributed by atoms with Gasteiger partial charge in [-0.05, 0) is 10.8 Å². The monoisotopic (exact) mass is 698 g/mol. The van der Waals surface area contributed by atoms with Crippen molar-refractivity contribution in [2.45, 2.75) is 72.6 Å². The number of rotatable bonds is 2. The van der Waals surface area contributed by atoms with Gasteiger partial charge >= 0.3 is 112 Å². The van der Waals surface area contributed by atoms with Gasteiger partial charge < -0.3 is 0 Å². The molecular weight excluding hydrogens is 655 g/mol. The zero-order valence-corrected chi connectivity index (χ0v) is 31.5. The minimum Gasteiger partial charge on any atom is -0.273 e. The first kappa shape index (κ1) is 37.7. The molecular formula is C41H46Cl2Zr. The van der Waals surface area contributed by atoms with Gasteiger partial charge in [0, 0.05) is 0 Å². The van der Waals surface area contributed by atoms with Gasteiger partial charge in [-0.1, -0.05) is 76.9 Å². The number of hydrogen-bond acceptors (Lipinski definition) is 0. The molecule has 0 nitrogen and oxygen atoms in total. The molecule has 0 aliphatic heterocycles. The summed E-state index contributed by atoms with van der Waals surface area (Å²) in [5.74, 6) is 0. The van der Waals surface area contributed by atoms with E-state index in [2.05, 4.69) is 159 Å². The van der Waals surface area contributed by atoms with Crippen LogP contribution in [0.25, 0.3) is 21.5 Å². The second kappa shape index (κ2) is 16.2. The van der Waals surface area contributed by atoms with Crippen molar-refractivity contribution in [2.75, 3.05) is 0 Å². The van der Waals surface area contributed by atoms with Gasteiger partial charge in [-0.3, -0.25) is 6.08 Å². The summed E-state index contributed by atoms with van der Waals surface area (Å²) in [7, 11) is 0. The van der Waals surface area contributed by atoms with Crippen LogP contribution in [0.3, 0.4) is 0 Å². The molecule has 0 N–H and O–H groups in total. The molecule has 0 radical (unpaired) electrons. The molecule has 1 aliphatic rings. The van der Waals surface area contributed by atoms with Crippen LogP contribution in [0.15, 0.2) is 109 Å².